The van der Waals surface area contributed by atoms with E-state index in [1.807, 2.05) is 0 Å². The number of nitrogens with zero attached hydrogens (tertiary/aromatic N) is 1. The molecule has 0 heterocycles. The van der Waals surface area contributed by atoms with E-state index in [4.69, 9.17) is 11.6 Å². The van der Waals surface area contributed by atoms with Crippen LogP contribution in [0.25, 0.3) is 0 Å². The summed E-state index contributed by atoms with van der Waals surface area (Å²) in [5.74, 6) is 0. The van der Waals surface area contributed by atoms with Crippen LogP contribution in [0.3, 0.4) is 0 Å². The molecule has 2 aromatic carbocycles. The molecule has 9 heteroatoms. The molecule has 0 saturated heterocycles. The molecular weight excluding hydrogens is 431 g/mol. The van der Waals surface area contributed by atoms with Crippen molar-refractivity contribution in [1.29, 1.82) is 0 Å². The molecule has 21 heavy (non-hydrogen) atoms. The van der Waals surface area contributed by atoms with Crippen LogP contribution in [-0.4, -0.2) is 13.3 Å². The molecule has 0 bridgehead atoms. The van der Waals surface area contributed by atoms with Crippen LogP contribution in [0.4, 0.5) is 11.4 Å². The minimum Gasteiger partial charge on any atom is -0.280 e. The number of hydrogen-bond acceptors (Lipinski definition) is 4. The van der Waals surface area contributed by atoms with Crippen molar-refractivity contribution in [3.05, 3.63) is 61.2 Å². The van der Waals surface area contributed by atoms with Gasteiger partial charge in [0.2, 0.25) is 0 Å². The summed E-state index contributed by atoms with van der Waals surface area (Å²) in [4.78, 5) is 9.85. The molecule has 0 amide bonds. The third-order valence-electron chi connectivity index (χ3n) is 2.52. The van der Waals surface area contributed by atoms with Gasteiger partial charge >= 0.3 is 0 Å². The van der Waals surface area contributed by atoms with E-state index in [-0.39, 0.29) is 9.92 Å². The maximum Gasteiger partial charge on any atom is 0.289 e. The van der Waals surface area contributed by atoms with Crippen molar-refractivity contribution in [2.45, 2.75) is 4.90 Å². The van der Waals surface area contributed by atoms with Crippen LogP contribution in [-0.2, 0) is 10.0 Å². The highest BCUT2D eigenvalue weighted by atomic mass is 127. The van der Waals surface area contributed by atoms with Gasteiger partial charge in [-0.1, -0.05) is 11.6 Å². The van der Waals surface area contributed by atoms with Crippen molar-refractivity contribution in [3.8, 4) is 0 Å². The van der Waals surface area contributed by atoms with Gasteiger partial charge < -0.3 is 0 Å². The van der Waals surface area contributed by atoms with E-state index in [2.05, 4.69) is 27.3 Å². The number of nitro benzene ring substituents is 1. The van der Waals surface area contributed by atoms with E-state index in [0.717, 1.165) is 9.64 Å². The second-order valence-corrected chi connectivity index (χ2v) is 7.32. The van der Waals surface area contributed by atoms with Gasteiger partial charge in [0.1, 0.15) is 5.02 Å². The van der Waals surface area contributed by atoms with Crippen molar-refractivity contribution < 1.29 is 13.3 Å². The number of nitrogens with one attached hydrogen (secondary N) is 1. The Morgan fingerprint density at radius 1 is 1.14 bits per heavy atom. The molecule has 6 nitrogen and oxygen atoms in total. The fraction of sp³-hybridized carbons (Fsp3) is 0. The Kier molecular flexibility index (Phi) is 4.69. The molecular formula is C12H8ClIN2O4S. The normalized spacial score (nSPS) is 11.1. The van der Waals surface area contributed by atoms with E-state index in [1.165, 1.54) is 12.1 Å². The molecule has 2 aromatic rings. The fourth-order valence-corrected chi connectivity index (χ4v) is 3.16. The number of nitro groups is 1. The molecule has 0 aliphatic heterocycles. The second-order valence-electron chi connectivity index (χ2n) is 3.98. The van der Waals surface area contributed by atoms with Crippen LogP contribution in [0.15, 0.2) is 47.4 Å². The lowest BCUT2D eigenvalue weighted by atomic mass is 10.3. The molecule has 1 N–H and O–H groups in total. The monoisotopic (exact) mass is 438 g/mol. The van der Waals surface area contributed by atoms with Gasteiger partial charge in [0.05, 0.1) is 9.82 Å². The Bertz CT molecular complexity index is 793. The van der Waals surface area contributed by atoms with Crippen molar-refractivity contribution >= 4 is 55.6 Å². The van der Waals surface area contributed by atoms with Crippen LogP contribution in [0.5, 0.6) is 0 Å². The minimum absolute atomic E-state index is 0.117. The van der Waals surface area contributed by atoms with E-state index >= 15 is 0 Å². The second kappa shape index (κ2) is 6.16. The van der Waals surface area contributed by atoms with Crippen LogP contribution in [0.2, 0.25) is 5.02 Å². The lowest BCUT2D eigenvalue weighted by molar-refractivity contribution is -0.384. The van der Waals surface area contributed by atoms with Gasteiger partial charge in [-0.2, -0.15) is 0 Å². The Morgan fingerprint density at radius 3 is 2.33 bits per heavy atom. The van der Waals surface area contributed by atoms with Gasteiger partial charge in [0, 0.05) is 15.3 Å². The average Bonchev–Trinajstić information content (AvgIpc) is 2.41. The number of rotatable bonds is 4. The number of sulfonamides is 1. The molecule has 0 aliphatic carbocycles. The summed E-state index contributed by atoms with van der Waals surface area (Å²) in [6, 6.07) is 10.0. The Hall–Kier alpha value is -1.39. The Labute approximate surface area is 139 Å². The summed E-state index contributed by atoms with van der Waals surface area (Å²) in [6.45, 7) is 0. The first-order chi connectivity index (χ1) is 9.79. The first-order valence-electron chi connectivity index (χ1n) is 5.52. The van der Waals surface area contributed by atoms with E-state index in [9.17, 15) is 18.5 Å². The standard InChI is InChI=1S/C12H8ClIN2O4S/c13-11-6-5-10(7-12(11)16(17)18)21(19,20)15-9-3-1-8(14)2-4-9/h1-7,15H. The van der Waals surface area contributed by atoms with Crippen LogP contribution in [0.1, 0.15) is 0 Å². The van der Waals surface area contributed by atoms with Gasteiger partial charge in [-0.25, -0.2) is 8.42 Å². The van der Waals surface area contributed by atoms with E-state index in [1.54, 1.807) is 24.3 Å². The van der Waals surface area contributed by atoms with Crippen molar-refractivity contribution in [2.75, 3.05) is 4.72 Å². The summed E-state index contributed by atoms with van der Waals surface area (Å²) in [5.41, 5.74) is -0.0878. The quantitative estimate of drug-likeness (QED) is 0.448. The summed E-state index contributed by atoms with van der Waals surface area (Å²) < 4.78 is 27.7. The van der Waals surface area contributed by atoms with Crippen LogP contribution >= 0.6 is 34.2 Å². The lowest BCUT2D eigenvalue weighted by Gasteiger charge is -2.08. The zero-order valence-electron chi connectivity index (χ0n) is 10.3. The van der Waals surface area contributed by atoms with Crippen molar-refractivity contribution in [1.82, 2.24) is 0 Å². The molecule has 110 valence electrons. The maximum absolute atomic E-state index is 12.2. The molecule has 0 aliphatic rings. The smallest absolute Gasteiger partial charge is 0.280 e. The summed E-state index contributed by atoms with van der Waals surface area (Å²) in [7, 11) is -3.91. The van der Waals surface area contributed by atoms with Crippen molar-refractivity contribution in [2.24, 2.45) is 0 Å². The Morgan fingerprint density at radius 2 is 1.76 bits per heavy atom. The van der Waals surface area contributed by atoms with Crippen molar-refractivity contribution in [3.63, 3.8) is 0 Å². The number of anilines is 1. The largest absolute Gasteiger partial charge is 0.289 e. The third kappa shape index (κ3) is 3.83. The average molecular weight is 439 g/mol. The maximum atomic E-state index is 12.2. The van der Waals surface area contributed by atoms with Gasteiger partial charge in [-0.15, -0.1) is 0 Å². The van der Waals surface area contributed by atoms with Gasteiger partial charge in [0.25, 0.3) is 15.7 Å². The summed E-state index contributed by atoms with van der Waals surface area (Å²) in [5, 5.41) is 10.7. The SMILES string of the molecule is O=[N+]([O-])c1cc(S(=O)(=O)Nc2ccc(I)cc2)ccc1Cl. The first kappa shape index (κ1) is 16.0. The highest BCUT2D eigenvalue weighted by Gasteiger charge is 2.20. The molecule has 0 fully saturated rings. The Balaban J connectivity index is 2.38. The van der Waals surface area contributed by atoms with E-state index in [0.29, 0.717) is 5.69 Å². The molecule has 0 atom stereocenters. The highest BCUT2D eigenvalue weighted by Crippen LogP contribution is 2.28. The van der Waals surface area contributed by atoms with Gasteiger partial charge in [-0.3, -0.25) is 14.8 Å². The predicted molar refractivity (Wildman–Crippen MR) is 88.1 cm³/mol. The summed E-state index contributed by atoms with van der Waals surface area (Å²) >= 11 is 7.75. The predicted octanol–water partition coefficient (Wildman–Crippen LogP) is 3.65. The molecule has 0 unspecified atom stereocenters. The lowest BCUT2D eigenvalue weighted by Crippen LogP contribution is -2.13. The molecule has 0 aromatic heterocycles. The first-order valence-corrected chi connectivity index (χ1v) is 8.46. The zero-order valence-corrected chi connectivity index (χ0v) is 14.0. The van der Waals surface area contributed by atoms with Gasteiger partial charge in [-0.05, 0) is 59.0 Å². The molecule has 0 spiro atoms. The number of hydrogen-bond donors (Lipinski definition) is 1. The molecule has 2 rings (SSSR count). The van der Waals surface area contributed by atoms with Gasteiger partial charge in [0.15, 0.2) is 0 Å². The minimum atomic E-state index is -3.91. The fourth-order valence-electron chi connectivity index (χ4n) is 1.53. The zero-order chi connectivity index (χ0) is 15.6. The van der Waals surface area contributed by atoms with E-state index < -0.39 is 20.6 Å². The summed E-state index contributed by atoms with van der Waals surface area (Å²) in [6.07, 6.45) is 0. The third-order valence-corrected chi connectivity index (χ3v) is 4.94. The molecule has 0 radical (unpaired) electrons. The topological polar surface area (TPSA) is 89.3 Å². The van der Waals surface area contributed by atoms with Crippen LogP contribution < -0.4 is 4.72 Å². The highest BCUT2D eigenvalue weighted by molar-refractivity contribution is 14.1. The number of halogens is 2. The number of benzene rings is 2. The van der Waals surface area contributed by atoms with Crippen LogP contribution in [0, 0.1) is 13.7 Å². The molecule has 0 saturated carbocycles.